The zero-order valence-corrected chi connectivity index (χ0v) is 14.0. The molecule has 0 spiro atoms. The lowest BCUT2D eigenvalue weighted by molar-refractivity contribution is -0.148. The van der Waals surface area contributed by atoms with Gasteiger partial charge in [-0.25, -0.2) is 8.42 Å². The van der Waals surface area contributed by atoms with Gasteiger partial charge in [-0.05, 0) is 24.6 Å². The van der Waals surface area contributed by atoms with Crippen LogP contribution in [0.4, 0.5) is 0 Å². The first kappa shape index (κ1) is 18.1. The van der Waals surface area contributed by atoms with Gasteiger partial charge >= 0.3 is 5.97 Å². The highest BCUT2D eigenvalue weighted by molar-refractivity contribution is 7.89. The monoisotopic (exact) mass is 349 g/mol. The molecule has 2 aromatic carbocycles. The van der Waals surface area contributed by atoms with E-state index in [4.69, 9.17) is 4.74 Å². The number of aliphatic hydroxyl groups is 1. The van der Waals surface area contributed by atoms with E-state index >= 15 is 0 Å². The maximum Gasteiger partial charge on any atom is 0.326 e. The summed E-state index contributed by atoms with van der Waals surface area (Å²) in [4.78, 5) is 12.0. The van der Waals surface area contributed by atoms with Gasteiger partial charge in [0, 0.05) is 0 Å². The van der Waals surface area contributed by atoms with Crippen LogP contribution in [0.5, 0.6) is 0 Å². The summed E-state index contributed by atoms with van der Waals surface area (Å²) in [6, 6.07) is 13.8. The highest BCUT2D eigenvalue weighted by Crippen LogP contribution is 2.11. The number of ether oxygens (including phenoxy) is 1. The summed E-state index contributed by atoms with van der Waals surface area (Å²) in [5.41, 5.74) is 1.68. The molecule has 6 nitrogen and oxygen atoms in total. The Morgan fingerprint density at radius 2 is 1.75 bits per heavy atom. The van der Waals surface area contributed by atoms with Gasteiger partial charge < -0.3 is 9.84 Å². The molecule has 1 atom stereocenters. The van der Waals surface area contributed by atoms with Gasteiger partial charge in [-0.15, -0.1) is 0 Å². The summed E-state index contributed by atoms with van der Waals surface area (Å²) in [6.07, 6.45) is 0. The number of hydrogen-bond acceptors (Lipinski definition) is 5. The number of esters is 1. The average molecular weight is 349 g/mol. The topological polar surface area (TPSA) is 92.7 Å². The summed E-state index contributed by atoms with van der Waals surface area (Å²) in [7, 11) is -3.93. The summed E-state index contributed by atoms with van der Waals surface area (Å²) < 4.78 is 31.7. The lowest BCUT2D eigenvalue weighted by atomic mass is 10.2. The predicted molar refractivity (Wildman–Crippen MR) is 88.6 cm³/mol. The summed E-state index contributed by atoms with van der Waals surface area (Å²) in [5, 5.41) is 9.32. The van der Waals surface area contributed by atoms with Crippen LogP contribution in [0, 0.1) is 6.92 Å². The van der Waals surface area contributed by atoms with Crippen LogP contribution in [-0.2, 0) is 26.2 Å². The Kier molecular flexibility index (Phi) is 6.08. The third-order valence-electron chi connectivity index (χ3n) is 3.32. The molecule has 2 N–H and O–H groups in total. The SMILES string of the molecule is Cc1ccc(S(=O)(=O)NC(CO)C(=O)OCc2ccccc2)cc1. The van der Waals surface area contributed by atoms with Gasteiger partial charge in [0.15, 0.2) is 0 Å². The Bertz CT molecular complexity index is 772. The summed E-state index contributed by atoms with van der Waals surface area (Å²) in [6.45, 7) is 1.14. The third-order valence-corrected chi connectivity index (χ3v) is 4.81. The van der Waals surface area contributed by atoms with Gasteiger partial charge in [0.25, 0.3) is 0 Å². The molecule has 0 bridgehead atoms. The number of sulfonamides is 1. The zero-order chi connectivity index (χ0) is 17.6. The van der Waals surface area contributed by atoms with Crippen molar-refractivity contribution in [3.63, 3.8) is 0 Å². The van der Waals surface area contributed by atoms with E-state index in [2.05, 4.69) is 4.72 Å². The molecule has 0 aromatic heterocycles. The van der Waals surface area contributed by atoms with E-state index in [9.17, 15) is 18.3 Å². The van der Waals surface area contributed by atoms with Gasteiger partial charge in [0.1, 0.15) is 12.6 Å². The van der Waals surface area contributed by atoms with Crippen molar-refractivity contribution in [2.75, 3.05) is 6.61 Å². The zero-order valence-electron chi connectivity index (χ0n) is 13.2. The maximum atomic E-state index is 12.3. The average Bonchev–Trinajstić information content (AvgIpc) is 2.59. The van der Waals surface area contributed by atoms with Gasteiger partial charge in [-0.2, -0.15) is 4.72 Å². The van der Waals surface area contributed by atoms with Crippen LogP contribution in [0.15, 0.2) is 59.5 Å². The van der Waals surface area contributed by atoms with E-state index in [1.807, 2.05) is 13.0 Å². The molecule has 0 radical (unpaired) electrons. The van der Waals surface area contributed by atoms with E-state index < -0.39 is 28.6 Å². The molecule has 24 heavy (non-hydrogen) atoms. The lowest BCUT2D eigenvalue weighted by Gasteiger charge is -2.16. The minimum Gasteiger partial charge on any atom is -0.460 e. The van der Waals surface area contributed by atoms with Crippen LogP contribution >= 0.6 is 0 Å². The van der Waals surface area contributed by atoms with Crippen molar-refractivity contribution in [3.8, 4) is 0 Å². The smallest absolute Gasteiger partial charge is 0.326 e. The van der Waals surface area contributed by atoms with E-state index in [-0.39, 0.29) is 11.5 Å². The van der Waals surface area contributed by atoms with E-state index in [0.717, 1.165) is 11.1 Å². The van der Waals surface area contributed by atoms with Crippen molar-refractivity contribution in [2.45, 2.75) is 24.5 Å². The van der Waals surface area contributed by atoms with Crippen LogP contribution in [0.1, 0.15) is 11.1 Å². The second-order valence-electron chi connectivity index (χ2n) is 5.26. The highest BCUT2D eigenvalue weighted by atomic mass is 32.2. The Morgan fingerprint density at radius 3 is 2.33 bits per heavy atom. The number of hydrogen-bond donors (Lipinski definition) is 2. The van der Waals surface area contributed by atoms with E-state index in [1.165, 1.54) is 12.1 Å². The number of carbonyl (C=O) groups excluding carboxylic acids is 1. The van der Waals surface area contributed by atoms with Crippen molar-refractivity contribution < 1.29 is 23.1 Å². The first-order valence-corrected chi connectivity index (χ1v) is 8.81. The molecule has 1 unspecified atom stereocenters. The molecular weight excluding hydrogens is 330 g/mol. The molecule has 0 amide bonds. The fourth-order valence-electron chi connectivity index (χ4n) is 1.96. The van der Waals surface area contributed by atoms with Crippen LogP contribution in [0.2, 0.25) is 0 Å². The number of nitrogens with one attached hydrogen (secondary N) is 1. The van der Waals surface area contributed by atoms with Crippen molar-refractivity contribution in [1.82, 2.24) is 4.72 Å². The fraction of sp³-hybridized carbons (Fsp3) is 0.235. The predicted octanol–water partition coefficient (Wildman–Crippen LogP) is 1.38. The molecule has 0 fully saturated rings. The second kappa shape index (κ2) is 8.05. The van der Waals surface area contributed by atoms with E-state index in [1.54, 1.807) is 36.4 Å². The molecule has 2 rings (SSSR count). The number of benzene rings is 2. The number of carbonyl (C=O) groups is 1. The summed E-state index contributed by atoms with van der Waals surface area (Å²) >= 11 is 0. The molecule has 2 aromatic rings. The normalized spacial score (nSPS) is 12.6. The highest BCUT2D eigenvalue weighted by Gasteiger charge is 2.26. The Balaban J connectivity index is 2.02. The van der Waals surface area contributed by atoms with Crippen LogP contribution < -0.4 is 4.72 Å². The fourth-order valence-corrected chi connectivity index (χ4v) is 3.14. The number of aliphatic hydroxyl groups excluding tert-OH is 1. The quantitative estimate of drug-likeness (QED) is 0.737. The van der Waals surface area contributed by atoms with Crippen LogP contribution in [-0.4, -0.2) is 32.1 Å². The molecule has 0 saturated heterocycles. The molecule has 7 heteroatoms. The van der Waals surface area contributed by atoms with Gasteiger partial charge in [0.05, 0.1) is 11.5 Å². The van der Waals surface area contributed by atoms with Crippen LogP contribution in [0.3, 0.4) is 0 Å². The summed E-state index contributed by atoms with van der Waals surface area (Å²) in [5.74, 6) is -0.836. The maximum absolute atomic E-state index is 12.3. The minimum absolute atomic E-state index is 0.00241. The molecule has 0 saturated carbocycles. The van der Waals surface area contributed by atoms with Crippen LogP contribution in [0.25, 0.3) is 0 Å². The van der Waals surface area contributed by atoms with E-state index in [0.29, 0.717) is 0 Å². The Labute approximate surface area is 141 Å². The van der Waals surface area contributed by atoms with Crippen molar-refractivity contribution in [2.24, 2.45) is 0 Å². The molecule has 0 aliphatic rings. The largest absolute Gasteiger partial charge is 0.460 e. The second-order valence-corrected chi connectivity index (χ2v) is 6.98. The molecule has 0 aliphatic carbocycles. The van der Waals surface area contributed by atoms with Gasteiger partial charge in [-0.1, -0.05) is 48.0 Å². The van der Waals surface area contributed by atoms with Crippen molar-refractivity contribution in [1.29, 1.82) is 0 Å². The number of aryl methyl sites for hydroxylation is 1. The standard InChI is InChI=1S/C17H19NO5S/c1-13-7-9-15(10-8-13)24(21,22)18-16(11-19)17(20)23-12-14-5-3-2-4-6-14/h2-10,16,18-19H,11-12H2,1H3. The lowest BCUT2D eigenvalue weighted by Crippen LogP contribution is -2.44. The first-order valence-electron chi connectivity index (χ1n) is 7.33. The Hall–Kier alpha value is -2.22. The molecule has 128 valence electrons. The van der Waals surface area contributed by atoms with Crippen molar-refractivity contribution in [3.05, 3.63) is 65.7 Å². The van der Waals surface area contributed by atoms with Crippen molar-refractivity contribution >= 4 is 16.0 Å². The number of rotatable bonds is 7. The molecule has 0 aliphatic heterocycles. The first-order chi connectivity index (χ1) is 11.4. The Morgan fingerprint density at radius 1 is 1.12 bits per heavy atom. The third kappa shape index (κ3) is 4.89. The van der Waals surface area contributed by atoms with Gasteiger partial charge in [0.2, 0.25) is 10.0 Å². The minimum atomic E-state index is -3.93. The van der Waals surface area contributed by atoms with Gasteiger partial charge in [-0.3, -0.25) is 4.79 Å². The molecular formula is C17H19NO5S. The molecule has 0 heterocycles.